The summed E-state index contributed by atoms with van der Waals surface area (Å²) >= 11 is 3.60. The number of allylic oxidation sites excluding steroid dienone is 2. The zero-order chi connectivity index (χ0) is 24.5. The van der Waals surface area contributed by atoms with Crippen LogP contribution in [0.15, 0.2) is 34.4 Å². The van der Waals surface area contributed by atoms with Gasteiger partial charge in [-0.05, 0) is 84.5 Å². The van der Waals surface area contributed by atoms with Crippen LogP contribution in [-0.2, 0) is 15.0 Å². The number of hydrogen-bond donors (Lipinski definition) is 2. The Bertz CT molecular complexity index is 1060. The van der Waals surface area contributed by atoms with Gasteiger partial charge in [0.25, 0.3) is 0 Å². The molecule has 2 saturated carbocycles. The molecular weight excluding hydrogens is 488 g/mol. The fraction of sp³-hybridized carbons (Fsp3) is 0.655. The average molecular weight is 528 g/mol. The van der Waals surface area contributed by atoms with Gasteiger partial charge in [-0.25, -0.2) is 0 Å². The van der Waals surface area contributed by atoms with Crippen molar-refractivity contribution in [1.29, 1.82) is 0 Å². The van der Waals surface area contributed by atoms with E-state index in [2.05, 4.69) is 67.2 Å². The van der Waals surface area contributed by atoms with Gasteiger partial charge in [0.15, 0.2) is 5.78 Å². The van der Waals surface area contributed by atoms with E-state index >= 15 is 0 Å². The molecule has 4 aliphatic rings. The second-order valence-electron chi connectivity index (χ2n) is 12.8. The van der Waals surface area contributed by atoms with Crippen molar-refractivity contribution in [1.82, 2.24) is 5.32 Å². The molecule has 3 fully saturated rings. The van der Waals surface area contributed by atoms with Crippen molar-refractivity contribution in [3.63, 3.8) is 0 Å². The molecular formula is C29H39BrN2O2. The summed E-state index contributed by atoms with van der Waals surface area (Å²) in [6.45, 7) is 12.3. The minimum Gasteiger partial charge on any atom is -0.387 e. The summed E-state index contributed by atoms with van der Waals surface area (Å²) in [6.07, 6.45) is 7.84. The van der Waals surface area contributed by atoms with E-state index in [-0.39, 0.29) is 33.9 Å². The first-order chi connectivity index (χ1) is 15.9. The lowest BCUT2D eigenvalue weighted by molar-refractivity contribution is -0.127. The van der Waals surface area contributed by atoms with Crippen LogP contribution in [0.1, 0.15) is 78.7 Å². The second kappa shape index (κ2) is 8.21. The highest BCUT2D eigenvalue weighted by Gasteiger charge is 2.60. The molecule has 1 amide bonds. The van der Waals surface area contributed by atoms with E-state index in [1.54, 1.807) is 0 Å². The van der Waals surface area contributed by atoms with Gasteiger partial charge in [0.05, 0.1) is 0 Å². The lowest BCUT2D eigenvalue weighted by atomic mass is 9.50. The van der Waals surface area contributed by atoms with Crippen molar-refractivity contribution in [2.24, 2.45) is 34.5 Å². The SMILES string of the molecule is CC(C)(C)c1cc(Br)ccc1NC(=O)[C@H]1CC[C@H]2[C@@H]3CNC4=CC(=O)CC[C@]4(C)[C@H]3CC[C@]12C. The molecule has 0 unspecified atom stereocenters. The number of benzene rings is 1. The van der Waals surface area contributed by atoms with Gasteiger partial charge in [0, 0.05) is 46.2 Å². The number of hydrogen-bond acceptors (Lipinski definition) is 3. The summed E-state index contributed by atoms with van der Waals surface area (Å²) in [7, 11) is 0. The topological polar surface area (TPSA) is 58.2 Å². The summed E-state index contributed by atoms with van der Waals surface area (Å²) in [5, 5.41) is 7.02. The third-order valence-electron chi connectivity index (χ3n) is 9.96. The number of fused-ring (bicyclic) bond motifs is 5. The number of piperidine rings is 1. The Morgan fingerprint density at radius 2 is 1.88 bits per heavy atom. The summed E-state index contributed by atoms with van der Waals surface area (Å²) in [5.74, 6) is 2.23. The lowest BCUT2D eigenvalue weighted by Gasteiger charge is -2.58. The Labute approximate surface area is 212 Å². The molecule has 0 bridgehead atoms. The second-order valence-corrected chi connectivity index (χ2v) is 13.7. The van der Waals surface area contributed by atoms with E-state index in [1.807, 2.05) is 18.2 Å². The van der Waals surface area contributed by atoms with Gasteiger partial charge in [-0.15, -0.1) is 0 Å². The summed E-state index contributed by atoms with van der Waals surface area (Å²) in [5.41, 5.74) is 3.33. The van der Waals surface area contributed by atoms with E-state index in [4.69, 9.17) is 0 Å². The minimum absolute atomic E-state index is 0.0340. The van der Waals surface area contributed by atoms with Crippen LogP contribution in [0.25, 0.3) is 0 Å². The van der Waals surface area contributed by atoms with E-state index in [9.17, 15) is 9.59 Å². The van der Waals surface area contributed by atoms with Crippen molar-refractivity contribution < 1.29 is 9.59 Å². The number of ketones is 1. The molecule has 2 N–H and O–H groups in total. The molecule has 0 aromatic heterocycles. The van der Waals surface area contributed by atoms with Gasteiger partial charge in [-0.2, -0.15) is 0 Å². The Kier molecular flexibility index (Phi) is 5.82. The summed E-state index contributed by atoms with van der Waals surface area (Å²) in [6, 6.07) is 6.19. The molecule has 3 aliphatic carbocycles. The largest absolute Gasteiger partial charge is 0.387 e. The van der Waals surface area contributed by atoms with Crippen LogP contribution in [-0.4, -0.2) is 18.2 Å². The Balaban J connectivity index is 1.38. The third kappa shape index (κ3) is 3.77. The Morgan fingerprint density at radius 3 is 2.62 bits per heavy atom. The molecule has 6 atom stereocenters. The fourth-order valence-electron chi connectivity index (χ4n) is 8.04. The highest BCUT2D eigenvalue weighted by molar-refractivity contribution is 9.10. The lowest BCUT2D eigenvalue weighted by Crippen LogP contribution is -2.57. The van der Waals surface area contributed by atoms with Gasteiger partial charge in [0.1, 0.15) is 0 Å². The normalized spacial score (nSPS) is 37.1. The van der Waals surface area contributed by atoms with E-state index in [0.717, 1.165) is 54.4 Å². The van der Waals surface area contributed by atoms with Gasteiger partial charge < -0.3 is 10.6 Å². The first-order valence-corrected chi connectivity index (χ1v) is 13.8. The maximum absolute atomic E-state index is 13.7. The van der Waals surface area contributed by atoms with Crippen LogP contribution in [0, 0.1) is 34.5 Å². The third-order valence-corrected chi connectivity index (χ3v) is 10.5. The maximum Gasteiger partial charge on any atom is 0.228 e. The van der Waals surface area contributed by atoms with Crippen molar-refractivity contribution in [3.8, 4) is 0 Å². The van der Waals surface area contributed by atoms with Gasteiger partial charge in [0.2, 0.25) is 5.91 Å². The summed E-state index contributed by atoms with van der Waals surface area (Å²) < 4.78 is 1.04. The molecule has 1 saturated heterocycles. The van der Waals surface area contributed by atoms with Gasteiger partial charge in [-0.3, -0.25) is 9.59 Å². The molecule has 4 nitrogen and oxygen atoms in total. The molecule has 34 heavy (non-hydrogen) atoms. The number of rotatable bonds is 2. The summed E-state index contributed by atoms with van der Waals surface area (Å²) in [4.78, 5) is 25.8. The van der Waals surface area contributed by atoms with Crippen LogP contribution in [0.2, 0.25) is 0 Å². The predicted octanol–water partition coefficient (Wildman–Crippen LogP) is 6.60. The van der Waals surface area contributed by atoms with E-state index in [0.29, 0.717) is 24.2 Å². The molecule has 5 rings (SSSR count). The number of nitrogens with one attached hydrogen (secondary N) is 2. The quantitative estimate of drug-likeness (QED) is 0.456. The van der Waals surface area contributed by atoms with Crippen LogP contribution < -0.4 is 10.6 Å². The van der Waals surface area contributed by atoms with Crippen molar-refractivity contribution in [2.45, 2.75) is 78.6 Å². The first-order valence-electron chi connectivity index (χ1n) is 13.0. The van der Waals surface area contributed by atoms with Crippen LogP contribution in [0.4, 0.5) is 5.69 Å². The Morgan fingerprint density at radius 1 is 1.12 bits per heavy atom. The van der Waals surface area contributed by atoms with Crippen LogP contribution in [0.5, 0.6) is 0 Å². The highest BCUT2D eigenvalue weighted by atomic mass is 79.9. The number of carbonyl (C=O) groups excluding carboxylic acids is 2. The smallest absolute Gasteiger partial charge is 0.228 e. The fourth-order valence-corrected chi connectivity index (χ4v) is 8.40. The van der Waals surface area contributed by atoms with Crippen molar-refractivity contribution >= 4 is 33.3 Å². The monoisotopic (exact) mass is 526 g/mol. The van der Waals surface area contributed by atoms with Gasteiger partial charge >= 0.3 is 0 Å². The molecule has 1 aromatic carbocycles. The van der Waals surface area contributed by atoms with E-state index in [1.165, 1.54) is 5.70 Å². The van der Waals surface area contributed by atoms with Crippen LogP contribution >= 0.6 is 15.9 Å². The number of halogens is 1. The Hall–Kier alpha value is -1.62. The predicted molar refractivity (Wildman–Crippen MR) is 140 cm³/mol. The van der Waals surface area contributed by atoms with Crippen LogP contribution in [0.3, 0.4) is 0 Å². The molecule has 1 aromatic rings. The zero-order valence-electron chi connectivity index (χ0n) is 21.3. The van der Waals surface area contributed by atoms with Crippen molar-refractivity contribution in [3.05, 3.63) is 40.0 Å². The molecule has 1 heterocycles. The highest BCUT2D eigenvalue weighted by Crippen LogP contribution is 2.64. The van der Waals surface area contributed by atoms with E-state index < -0.39 is 0 Å². The minimum atomic E-state index is -0.0532. The average Bonchev–Trinajstić information content (AvgIpc) is 3.12. The number of amides is 1. The molecule has 184 valence electrons. The maximum atomic E-state index is 13.7. The van der Waals surface area contributed by atoms with Gasteiger partial charge in [-0.1, -0.05) is 50.5 Å². The molecule has 5 heteroatoms. The first kappa shape index (κ1) is 24.1. The zero-order valence-corrected chi connectivity index (χ0v) is 22.8. The molecule has 0 spiro atoms. The molecule has 0 radical (unpaired) electrons. The number of carbonyl (C=O) groups is 2. The molecule has 1 aliphatic heterocycles. The number of anilines is 1. The van der Waals surface area contributed by atoms with Crippen molar-refractivity contribution in [2.75, 3.05) is 11.9 Å². The standard InChI is InChI=1S/C29H39BrN2O2/c1-27(2,3)23-14-17(30)6-9-24(23)32-26(34)22-8-7-20-19-16-31-25-15-18(33)10-12-29(25,5)21(19)11-13-28(20,22)4/h6,9,14-15,19-22,31H,7-8,10-13,16H2,1-5H3,(H,32,34)/t19-,20-,21-,22+,28-,29+/m0/s1.